The number of amides is 1. The molecule has 6 nitrogen and oxygen atoms in total. The molecule has 2 aromatic carbocycles. The lowest BCUT2D eigenvalue weighted by molar-refractivity contribution is -0.143. The van der Waals surface area contributed by atoms with Crippen molar-refractivity contribution in [3.63, 3.8) is 0 Å². The number of hydrogen-bond donors (Lipinski definition) is 1. The summed E-state index contributed by atoms with van der Waals surface area (Å²) in [6, 6.07) is 10.9. The first-order valence-corrected chi connectivity index (χ1v) is 8.09. The number of esters is 1. The zero-order valence-corrected chi connectivity index (χ0v) is 15.0. The molecule has 0 saturated heterocycles. The van der Waals surface area contributed by atoms with E-state index in [0.717, 1.165) is 5.56 Å². The molecule has 0 aromatic heterocycles. The van der Waals surface area contributed by atoms with E-state index in [1.54, 1.807) is 30.3 Å². The first-order valence-electron chi connectivity index (χ1n) is 8.09. The van der Waals surface area contributed by atoms with Crippen LogP contribution >= 0.6 is 0 Å². The van der Waals surface area contributed by atoms with Crippen molar-refractivity contribution in [3.8, 4) is 11.5 Å². The third-order valence-corrected chi connectivity index (χ3v) is 3.53. The van der Waals surface area contributed by atoms with E-state index in [4.69, 9.17) is 14.2 Å². The molecule has 0 radical (unpaired) electrons. The molecule has 0 saturated carbocycles. The van der Waals surface area contributed by atoms with Crippen LogP contribution < -0.4 is 14.8 Å². The number of hydrogen-bond acceptors (Lipinski definition) is 5. The highest BCUT2D eigenvalue weighted by atomic mass is 19.1. The summed E-state index contributed by atoms with van der Waals surface area (Å²) in [5.41, 5.74) is 1.42. The smallest absolute Gasteiger partial charge is 0.331 e. The zero-order chi connectivity index (χ0) is 19.6. The van der Waals surface area contributed by atoms with Crippen LogP contribution in [0.25, 0.3) is 6.08 Å². The minimum Gasteiger partial charge on any atom is -0.497 e. The number of rotatable bonds is 8. The van der Waals surface area contributed by atoms with Crippen molar-refractivity contribution in [2.24, 2.45) is 0 Å². The first-order chi connectivity index (χ1) is 13.0. The maximum Gasteiger partial charge on any atom is 0.331 e. The van der Waals surface area contributed by atoms with E-state index in [1.165, 1.54) is 38.5 Å². The van der Waals surface area contributed by atoms with Crippen LogP contribution in [0.2, 0.25) is 0 Å². The minimum absolute atomic E-state index is 0.218. The van der Waals surface area contributed by atoms with Crippen LogP contribution in [0, 0.1) is 5.82 Å². The number of methoxy groups -OCH3 is 2. The highest BCUT2D eigenvalue weighted by Crippen LogP contribution is 2.23. The quantitative estimate of drug-likeness (QED) is 0.569. The van der Waals surface area contributed by atoms with Gasteiger partial charge in [0.15, 0.2) is 6.61 Å². The van der Waals surface area contributed by atoms with Crippen molar-refractivity contribution in [3.05, 3.63) is 65.5 Å². The van der Waals surface area contributed by atoms with E-state index < -0.39 is 18.5 Å². The third-order valence-electron chi connectivity index (χ3n) is 3.53. The zero-order valence-electron chi connectivity index (χ0n) is 15.0. The van der Waals surface area contributed by atoms with Crippen LogP contribution in [-0.4, -0.2) is 32.7 Å². The summed E-state index contributed by atoms with van der Waals surface area (Å²) in [4.78, 5) is 23.5. The molecule has 1 amide bonds. The Balaban J connectivity index is 1.80. The second-order valence-electron chi connectivity index (χ2n) is 5.49. The molecule has 0 aliphatic carbocycles. The van der Waals surface area contributed by atoms with Crippen LogP contribution in [0.5, 0.6) is 11.5 Å². The van der Waals surface area contributed by atoms with Gasteiger partial charge >= 0.3 is 5.97 Å². The molecule has 0 atom stereocenters. The van der Waals surface area contributed by atoms with E-state index in [1.807, 2.05) is 0 Å². The number of benzene rings is 2. The van der Waals surface area contributed by atoms with Gasteiger partial charge in [-0.05, 0) is 41.5 Å². The first kappa shape index (κ1) is 20.0. The fourth-order valence-electron chi connectivity index (χ4n) is 2.13. The van der Waals surface area contributed by atoms with Gasteiger partial charge < -0.3 is 19.5 Å². The summed E-state index contributed by atoms with van der Waals surface area (Å²) >= 11 is 0. The number of ether oxygens (including phenoxy) is 3. The lowest BCUT2D eigenvalue weighted by Gasteiger charge is -2.06. The number of halogens is 1. The molecule has 0 fully saturated rings. The van der Waals surface area contributed by atoms with Gasteiger partial charge in [0.05, 0.1) is 14.2 Å². The number of nitrogens with one attached hydrogen (secondary N) is 1. The van der Waals surface area contributed by atoms with Gasteiger partial charge in [0.1, 0.15) is 17.3 Å². The second-order valence-corrected chi connectivity index (χ2v) is 5.49. The van der Waals surface area contributed by atoms with Crippen LogP contribution in [0.3, 0.4) is 0 Å². The standard InChI is InChI=1S/C20H20FNO5/c1-25-17-9-15(10-18(11-17)26-2)5-8-20(24)27-13-19(23)22-12-14-3-6-16(21)7-4-14/h3-11H,12-13H2,1-2H3,(H,22,23)/b8-5+. The molecule has 0 aliphatic heterocycles. The summed E-state index contributed by atoms with van der Waals surface area (Å²) in [6.45, 7) is -0.193. The predicted octanol–water partition coefficient (Wildman–Crippen LogP) is 2.72. The molecule has 1 N–H and O–H groups in total. The number of carbonyl (C=O) groups is 2. The van der Waals surface area contributed by atoms with Crippen LogP contribution in [0.15, 0.2) is 48.5 Å². The highest BCUT2D eigenvalue weighted by molar-refractivity contribution is 5.89. The Labute approximate surface area is 156 Å². The van der Waals surface area contributed by atoms with Crippen LogP contribution in [0.4, 0.5) is 4.39 Å². The molecule has 27 heavy (non-hydrogen) atoms. The van der Waals surface area contributed by atoms with Gasteiger partial charge in [-0.2, -0.15) is 0 Å². The summed E-state index contributed by atoms with van der Waals surface area (Å²) in [6.07, 6.45) is 2.74. The topological polar surface area (TPSA) is 73.9 Å². The van der Waals surface area contributed by atoms with Gasteiger partial charge in [-0.3, -0.25) is 4.79 Å². The minimum atomic E-state index is -0.659. The Morgan fingerprint density at radius 1 is 1.04 bits per heavy atom. The van der Waals surface area contributed by atoms with Crippen LogP contribution in [-0.2, 0) is 20.9 Å². The fraction of sp³-hybridized carbons (Fsp3) is 0.200. The molecule has 0 aliphatic rings. The largest absolute Gasteiger partial charge is 0.497 e. The summed E-state index contributed by atoms with van der Waals surface area (Å²) in [7, 11) is 3.06. The summed E-state index contributed by atoms with van der Waals surface area (Å²) < 4.78 is 28.0. The molecule has 0 bridgehead atoms. The predicted molar refractivity (Wildman–Crippen MR) is 97.8 cm³/mol. The van der Waals surface area contributed by atoms with Gasteiger partial charge in [-0.15, -0.1) is 0 Å². The Morgan fingerprint density at radius 2 is 1.67 bits per heavy atom. The normalized spacial score (nSPS) is 10.5. The van der Waals surface area contributed by atoms with Crippen molar-refractivity contribution < 1.29 is 28.2 Å². The number of carbonyl (C=O) groups excluding carboxylic acids is 2. The molecule has 142 valence electrons. The van der Waals surface area contributed by atoms with Crippen molar-refractivity contribution in [2.45, 2.75) is 6.54 Å². The van der Waals surface area contributed by atoms with E-state index in [2.05, 4.69) is 5.32 Å². The molecular weight excluding hydrogens is 353 g/mol. The molecule has 0 heterocycles. The monoisotopic (exact) mass is 373 g/mol. The summed E-state index contributed by atoms with van der Waals surface area (Å²) in [5, 5.41) is 2.58. The van der Waals surface area contributed by atoms with E-state index in [-0.39, 0.29) is 12.4 Å². The molecular formula is C20H20FNO5. The average Bonchev–Trinajstić information content (AvgIpc) is 2.69. The molecule has 0 unspecified atom stereocenters. The Morgan fingerprint density at radius 3 is 2.26 bits per heavy atom. The highest BCUT2D eigenvalue weighted by Gasteiger charge is 2.06. The molecule has 2 rings (SSSR count). The van der Waals surface area contributed by atoms with Crippen LogP contribution in [0.1, 0.15) is 11.1 Å². The average molecular weight is 373 g/mol. The third kappa shape index (κ3) is 6.81. The molecule has 0 spiro atoms. The van der Waals surface area contributed by atoms with Crippen molar-refractivity contribution >= 4 is 18.0 Å². The lowest BCUT2D eigenvalue weighted by atomic mass is 10.2. The fourth-order valence-corrected chi connectivity index (χ4v) is 2.13. The lowest BCUT2D eigenvalue weighted by Crippen LogP contribution is -2.28. The Bertz CT molecular complexity index is 795. The van der Waals surface area contributed by atoms with Gasteiger partial charge in [0, 0.05) is 18.7 Å². The Kier molecular flexibility index (Phi) is 7.37. The summed E-state index contributed by atoms with van der Waals surface area (Å²) in [5.74, 6) is -0.289. The van der Waals surface area contributed by atoms with Crippen molar-refractivity contribution in [2.75, 3.05) is 20.8 Å². The van der Waals surface area contributed by atoms with Crippen molar-refractivity contribution in [1.29, 1.82) is 0 Å². The van der Waals surface area contributed by atoms with E-state index in [0.29, 0.717) is 17.1 Å². The second kappa shape index (κ2) is 9.96. The Hall–Kier alpha value is -3.35. The molecule has 2 aromatic rings. The maximum absolute atomic E-state index is 12.8. The van der Waals surface area contributed by atoms with Crippen molar-refractivity contribution in [1.82, 2.24) is 5.32 Å². The van der Waals surface area contributed by atoms with Gasteiger partial charge in [-0.1, -0.05) is 12.1 Å². The SMILES string of the molecule is COc1cc(/C=C/C(=O)OCC(=O)NCc2ccc(F)cc2)cc(OC)c1. The maximum atomic E-state index is 12.8. The van der Waals surface area contributed by atoms with Gasteiger partial charge in [0.25, 0.3) is 5.91 Å². The van der Waals surface area contributed by atoms with Gasteiger partial charge in [-0.25, -0.2) is 9.18 Å². The van der Waals surface area contributed by atoms with Gasteiger partial charge in [0.2, 0.25) is 0 Å². The van der Waals surface area contributed by atoms with E-state index in [9.17, 15) is 14.0 Å². The molecule has 7 heteroatoms. The van der Waals surface area contributed by atoms with E-state index >= 15 is 0 Å².